The maximum Gasteiger partial charge on any atom is 0.268 e. The number of nitrogens with zero attached hydrogens (tertiary/aromatic N) is 2. The minimum Gasteiger partial charge on any atom is -0.493 e. The summed E-state index contributed by atoms with van der Waals surface area (Å²) >= 11 is 0. The lowest BCUT2D eigenvalue weighted by atomic mass is 10.1. The zero-order valence-corrected chi connectivity index (χ0v) is 21.4. The first-order chi connectivity index (χ1) is 18.9. The van der Waals surface area contributed by atoms with E-state index in [2.05, 4.69) is 10.3 Å². The Labute approximate surface area is 223 Å². The van der Waals surface area contributed by atoms with E-state index in [0.717, 1.165) is 5.39 Å². The molecule has 0 aliphatic rings. The van der Waals surface area contributed by atoms with Crippen LogP contribution >= 0.6 is 0 Å². The Morgan fingerprint density at radius 2 is 1.59 bits per heavy atom. The molecule has 0 unspecified atom stereocenters. The largest absolute Gasteiger partial charge is 0.493 e. The highest BCUT2D eigenvalue weighted by molar-refractivity contribution is 6.05. The van der Waals surface area contributed by atoms with E-state index in [1.165, 1.54) is 28.8 Å². The average Bonchev–Trinajstić information content (AvgIpc) is 2.94. The lowest BCUT2D eigenvalue weighted by Crippen LogP contribution is -2.29. The van der Waals surface area contributed by atoms with Gasteiger partial charge in [-0.25, -0.2) is 4.39 Å². The molecule has 1 amide bonds. The number of hydrogen-bond acceptors (Lipinski definition) is 6. The van der Waals surface area contributed by atoms with Crippen molar-refractivity contribution in [1.29, 1.82) is 0 Å². The summed E-state index contributed by atoms with van der Waals surface area (Å²) in [5, 5.41) is 3.51. The predicted octanol–water partition coefficient (Wildman–Crippen LogP) is 5.90. The number of aromatic nitrogens is 2. The number of hydrogen-bond donors (Lipinski definition) is 1. The number of benzene rings is 3. The fraction of sp³-hybridized carbons (Fsp3) is 0.100. The second kappa shape index (κ2) is 10.7. The minimum atomic E-state index is -0.552. The molecule has 0 saturated carbocycles. The average molecular weight is 526 g/mol. The summed E-state index contributed by atoms with van der Waals surface area (Å²) in [6.45, 7) is 1.69. The van der Waals surface area contributed by atoms with E-state index in [4.69, 9.17) is 14.2 Å². The Morgan fingerprint density at radius 1 is 0.897 bits per heavy atom. The normalized spacial score (nSPS) is 10.8. The molecule has 0 saturated heterocycles. The summed E-state index contributed by atoms with van der Waals surface area (Å²) < 4.78 is 31.5. The lowest BCUT2D eigenvalue weighted by Gasteiger charge is -2.13. The third kappa shape index (κ3) is 5.15. The molecule has 8 nitrogen and oxygen atoms in total. The fourth-order valence-corrected chi connectivity index (χ4v) is 4.17. The molecule has 5 rings (SSSR count). The van der Waals surface area contributed by atoms with Crippen molar-refractivity contribution < 1.29 is 23.4 Å². The third-order valence-electron chi connectivity index (χ3n) is 6.18. The quantitative estimate of drug-likeness (QED) is 0.285. The molecule has 0 bridgehead atoms. The van der Waals surface area contributed by atoms with Crippen molar-refractivity contribution in [2.75, 3.05) is 19.5 Å². The molecular weight excluding hydrogens is 501 g/mol. The third-order valence-corrected chi connectivity index (χ3v) is 6.18. The van der Waals surface area contributed by atoms with E-state index in [1.807, 2.05) is 0 Å². The van der Waals surface area contributed by atoms with Crippen LogP contribution in [0.1, 0.15) is 15.9 Å². The molecule has 9 heteroatoms. The van der Waals surface area contributed by atoms with Crippen molar-refractivity contribution in [2.24, 2.45) is 0 Å². The highest BCUT2D eigenvalue weighted by Gasteiger charge is 2.17. The van der Waals surface area contributed by atoms with E-state index in [1.54, 1.807) is 82.1 Å². The van der Waals surface area contributed by atoms with Gasteiger partial charge in [0.2, 0.25) is 0 Å². The van der Waals surface area contributed by atoms with Gasteiger partial charge in [0.25, 0.3) is 11.5 Å². The van der Waals surface area contributed by atoms with Crippen LogP contribution in [0.15, 0.2) is 90.0 Å². The Bertz CT molecular complexity index is 1730. The molecule has 2 heterocycles. The molecule has 0 aliphatic heterocycles. The van der Waals surface area contributed by atoms with E-state index in [0.29, 0.717) is 45.5 Å². The smallest absolute Gasteiger partial charge is 0.268 e. The van der Waals surface area contributed by atoms with Gasteiger partial charge in [-0.15, -0.1) is 0 Å². The van der Waals surface area contributed by atoms with Crippen molar-refractivity contribution in [3.8, 4) is 28.7 Å². The SMILES string of the molecule is COc1cc2nccc(Oc3ccc(NC(=O)c4c(C)ccn(-c5ccc(F)cc5)c4=O)cc3)c2cc1OC. The molecule has 0 radical (unpaired) electrons. The first-order valence-corrected chi connectivity index (χ1v) is 12.0. The van der Waals surface area contributed by atoms with Crippen LogP contribution in [-0.4, -0.2) is 29.7 Å². The molecule has 1 N–H and O–H groups in total. The molecule has 0 aliphatic carbocycles. The van der Waals surface area contributed by atoms with Gasteiger partial charge in [-0.1, -0.05) is 0 Å². The van der Waals surface area contributed by atoms with Crippen LogP contribution < -0.4 is 25.1 Å². The van der Waals surface area contributed by atoms with Gasteiger partial charge in [0.1, 0.15) is 22.9 Å². The molecule has 3 aromatic carbocycles. The first kappa shape index (κ1) is 25.5. The summed E-state index contributed by atoms with van der Waals surface area (Å²) in [5.41, 5.74) is 1.63. The number of fused-ring (bicyclic) bond motifs is 1. The highest BCUT2D eigenvalue weighted by atomic mass is 19.1. The van der Waals surface area contributed by atoms with Gasteiger partial charge in [0.05, 0.1) is 19.7 Å². The highest BCUT2D eigenvalue weighted by Crippen LogP contribution is 2.37. The molecule has 39 heavy (non-hydrogen) atoms. The van der Waals surface area contributed by atoms with Crippen LogP contribution in [0.3, 0.4) is 0 Å². The second-order valence-corrected chi connectivity index (χ2v) is 8.64. The molecule has 0 spiro atoms. The predicted molar refractivity (Wildman–Crippen MR) is 146 cm³/mol. The topological polar surface area (TPSA) is 91.7 Å². The van der Waals surface area contributed by atoms with Gasteiger partial charge >= 0.3 is 0 Å². The van der Waals surface area contributed by atoms with Crippen LogP contribution in [-0.2, 0) is 0 Å². The number of pyridine rings is 2. The van der Waals surface area contributed by atoms with Gasteiger partial charge in [0.15, 0.2) is 11.5 Å². The van der Waals surface area contributed by atoms with Gasteiger partial charge < -0.3 is 19.5 Å². The zero-order valence-electron chi connectivity index (χ0n) is 21.4. The van der Waals surface area contributed by atoms with Crippen LogP contribution in [0.25, 0.3) is 16.6 Å². The summed E-state index contributed by atoms with van der Waals surface area (Å²) in [6, 6.07) is 19.2. The zero-order chi connectivity index (χ0) is 27.5. The molecule has 0 fully saturated rings. The molecule has 5 aromatic rings. The number of methoxy groups -OCH3 is 2. The lowest BCUT2D eigenvalue weighted by molar-refractivity contribution is 0.102. The van der Waals surface area contributed by atoms with Gasteiger partial charge in [-0.05, 0) is 79.2 Å². The van der Waals surface area contributed by atoms with Crippen molar-refractivity contribution >= 4 is 22.5 Å². The number of carbonyl (C=O) groups is 1. The molecule has 2 aromatic heterocycles. The van der Waals surface area contributed by atoms with E-state index in [9.17, 15) is 14.0 Å². The number of carbonyl (C=O) groups excluding carboxylic acids is 1. The number of nitrogens with one attached hydrogen (secondary N) is 1. The van der Waals surface area contributed by atoms with Crippen molar-refractivity contribution in [2.45, 2.75) is 6.92 Å². The Morgan fingerprint density at radius 3 is 2.28 bits per heavy atom. The Kier molecular flexibility index (Phi) is 6.96. The van der Waals surface area contributed by atoms with Crippen LogP contribution in [0.2, 0.25) is 0 Å². The maximum atomic E-state index is 13.3. The summed E-state index contributed by atoms with van der Waals surface area (Å²) in [5.74, 6) is 1.25. The number of amides is 1. The standard InChI is InChI=1S/C30H24FN3O5/c1-18-13-15-34(21-8-4-19(31)5-9-21)30(36)28(18)29(35)33-20-6-10-22(11-7-20)39-25-12-14-32-24-17-27(38-3)26(37-2)16-23(24)25/h4-17H,1-3H3,(H,33,35). The number of aryl methyl sites for hydroxylation is 1. The van der Waals surface area contributed by atoms with E-state index < -0.39 is 17.3 Å². The Balaban J connectivity index is 1.37. The van der Waals surface area contributed by atoms with Crippen molar-refractivity contribution in [3.63, 3.8) is 0 Å². The second-order valence-electron chi connectivity index (χ2n) is 8.64. The summed E-state index contributed by atoms with van der Waals surface area (Å²) in [4.78, 5) is 30.6. The molecule has 0 atom stereocenters. The summed E-state index contributed by atoms with van der Waals surface area (Å²) in [6.07, 6.45) is 3.20. The minimum absolute atomic E-state index is 0.00483. The van der Waals surface area contributed by atoms with Crippen LogP contribution in [0, 0.1) is 12.7 Å². The molecule has 196 valence electrons. The summed E-state index contributed by atoms with van der Waals surface area (Å²) in [7, 11) is 3.12. The first-order valence-electron chi connectivity index (χ1n) is 12.0. The van der Waals surface area contributed by atoms with Crippen LogP contribution in [0.5, 0.6) is 23.0 Å². The van der Waals surface area contributed by atoms with E-state index >= 15 is 0 Å². The molecular formula is C30H24FN3O5. The maximum absolute atomic E-state index is 13.3. The number of ether oxygens (including phenoxy) is 3. The number of halogens is 1. The number of anilines is 1. The van der Waals surface area contributed by atoms with Gasteiger partial charge in [0, 0.05) is 35.2 Å². The number of rotatable bonds is 7. The van der Waals surface area contributed by atoms with Gasteiger partial charge in [-0.2, -0.15) is 0 Å². The monoisotopic (exact) mass is 525 g/mol. The van der Waals surface area contributed by atoms with Crippen molar-refractivity contribution in [3.05, 3.63) is 112 Å². The van der Waals surface area contributed by atoms with Gasteiger partial charge in [-0.3, -0.25) is 19.1 Å². The Hall–Kier alpha value is -5.18. The van der Waals surface area contributed by atoms with Crippen LogP contribution in [0.4, 0.5) is 10.1 Å². The van der Waals surface area contributed by atoms with Crippen molar-refractivity contribution in [1.82, 2.24) is 9.55 Å². The fourth-order valence-electron chi connectivity index (χ4n) is 4.17. The van der Waals surface area contributed by atoms with E-state index in [-0.39, 0.29) is 5.56 Å².